The van der Waals surface area contributed by atoms with Crippen LogP contribution in [0, 0.1) is 17.8 Å². The van der Waals surface area contributed by atoms with Crippen LogP contribution in [0.1, 0.15) is 102 Å². The molecule has 2 aliphatic rings. The van der Waals surface area contributed by atoms with Crippen molar-refractivity contribution >= 4 is 0 Å². The first-order chi connectivity index (χ1) is 13.9. The summed E-state index contributed by atoms with van der Waals surface area (Å²) < 4.78 is 40.9. The topological polar surface area (TPSA) is 9.23 Å². The monoisotopic (exact) mass is 410 g/mol. The summed E-state index contributed by atoms with van der Waals surface area (Å²) in [5, 5.41) is 0. The predicted molar refractivity (Wildman–Crippen MR) is 112 cm³/mol. The van der Waals surface area contributed by atoms with E-state index in [-0.39, 0.29) is 5.75 Å². The summed E-state index contributed by atoms with van der Waals surface area (Å²) in [6.07, 6.45) is 12.9. The van der Waals surface area contributed by atoms with E-state index in [4.69, 9.17) is 0 Å². The van der Waals surface area contributed by atoms with E-state index in [9.17, 15) is 13.2 Å². The van der Waals surface area contributed by atoms with Crippen LogP contribution in [0.5, 0.6) is 5.75 Å². The standard InChI is InChI=1S/C25H37F3O/c1-2-3-4-5-6-19-7-9-20(10-8-19)21-11-13-22(14-12-21)23-15-17-24(18-16-23)29-25(26,27)28/h15-22H,2-14H2,1H3/t19-,20-,21-,22-. The predicted octanol–water partition coefficient (Wildman–Crippen LogP) is 8.64. The van der Waals surface area contributed by atoms with E-state index in [0.29, 0.717) is 5.92 Å². The average Bonchev–Trinajstić information content (AvgIpc) is 2.71. The number of hydrogen-bond donors (Lipinski definition) is 0. The van der Waals surface area contributed by atoms with E-state index < -0.39 is 6.36 Å². The van der Waals surface area contributed by atoms with E-state index in [2.05, 4.69) is 11.7 Å². The van der Waals surface area contributed by atoms with Crippen molar-refractivity contribution in [1.29, 1.82) is 0 Å². The fraction of sp³-hybridized carbons (Fsp3) is 0.760. The Bertz CT molecular complexity index is 579. The maximum absolute atomic E-state index is 12.3. The largest absolute Gasteiger partial charge is 0.573 e. The Hall–Kier alpha value is -1.19. The molecule has 1 aromatic rings. The molecular weight excluding hydrogens is 373 g/mol. The Kier molecular flexibility index (Phi) is 8.32. The zero-order valence-corrected chi connectivity index (χ0v) is 17.9. The van der Waals surface area contributed by atoms with E-state index in [1.54, 1.807) is 0 Å². The lowest BCUT2D eigenvalue weighted by Crippen LogP contribution is -2.25. The maximum Gasteiger partial charge on any atom is 0.573 e. The highest BCUT2D eigenvalue weighted by molar-refractivity contribution is 5.29. The molecule has 0 unspecified atom stereocenters. The maximum atomic E-state index is 12.3. The summed E-state index contributed by atoms with van der Waals surface area (Å²) in [6.45, 7) is 2.28. The van der Waals surface area contributed by atoms with Crippen LogP contribution in [0.25, 0.3) is 0 Å². The summed E-state index contributed by atoms with van der Waals surface area (Å²) in [5.41, 5.74) is 1.16. The van der Waals surface area contributed by atoms with Crippen molar-refractivity contribution in [2.75, 3.05) is 0 Å². The van der Waals surface area contributed by atoms with Gasteiger partial charge < -0.3 is 4.74 Å². The van der Waals surface area contributed by atoms with Gasteiger partial charge >= 0.3 is 6.36 Å². The smallest absolute Gasteiger partial charge is 0.406 e. The molecule has 0 radical (unpaired) electrons. The van der Waals surface area contributed by atoms with E-state index in [1.807, 2.05) is 12.1 Å². The number of hydrogen-bond acceptors (Lipinski definition) is 1. The van der Waals surface area contributed by atoms with Crippen LogP contribution in [0.3, 0.4) is 0 Å². The molecule has 164 valence electrons. The summed E-state index contributed by atoms with van der Waals surface area (Å²) >= 11 is 0. The minimum absolute atomic E-state index is 0.124. The number of ether oxygens (including phenoxy) is 1. The van der Waals surface area contributed by atoms with Crippen LogP contribution in [0.4, 0.5) is 13.2 Å². The van der Waals surface area contributed by atoms with Crippen LogP contribution in [0.15, 0.2) is 24.3 Å². The normalized spacial score (nSPS) is 28.3. The molecule has 1 nitrogen and oxygen atoms in total. The molecule has 0 amide bonds. The van der Waals surface area contributed by atoms with Crippen LogP contribution >= 0.6 is 0 Å². The van der Waals surface area contributed by atoms with Crippen molar-refractivity contribution in [3.05, 3.63) is 29.8 Å². The molecule has 3 rings (SSSR count). The van der Waals surface area contributed by atoms with Crippen molar-refractivity contribution in [1.82, 2.24) is 0 Å². The number of rotatable bonds is 8. The third kappa shape index (κ3) is 7.22. The van der Waals surface area contributed by atoms with Gasteiger partial charge in [-0.15, -0.1) is 13.2 Å². The summed E-state index contributed by atoms with van der Waals surface area (Å²) in [5.74, 6) is 3.10. The zero-order chi connectivity index (χ0) is 20.7. The van der Waals surface area contributed by atoms with Gasteiger partial charge in [0.15, 0.2) is 0 Å². The molecule has 0 spiro atoms. The number of halogens is 3. The Morgan fingerprint density at radius 3 is 1.93 bits per heavy atom. The molecule has 0 bridgehead atoms. The molecule has 0 heterocycles. The highest BCUT2D eigenvalue weighted by Gasteiger charge is 2.32. The van der Waals surface area contributed by atoms with Crippen molar-refractivity contribution in [3.63, 3.8) is 0 Å². The average molecular weight is 411 g/mol. The first-order valence-electron chi connectivity index (χ1n) is 11.8. The molecule has 0 saturated heterocycles. The van der Waals surface area contributed by atoms with Gasteiger partial charge in [0.25, 0.3) is 0 Å². The van der Waals surface area contributed by atoms with E-state index in [1.165, 1.54) is 95.6 Å². The summed E-state index contributed by atoms with van der Waals surface area (Å²) in [7, 11) is 0. The van der Waals surface area contributed by atoms with Gasteiger partial charge in [0, 0.05) is 0 Å². The van der Waals surface area contributed by atoms with Crippen LogP contribution < -0.4 is 4.74 Å². The fourth-order valence-electron chi connectivity index (χ4n) is 5.67. The van der Waals surface area contributed by atoms with Crippen LogP contribution in [-0.4, -0.2) is 6.36 Å². The second-order valence-corrected chi connectivity index (χ2v) is 9.36. The van der Waals surface area contributed by atoms with Gasteiger partial charge in [0.1, 0.15) is 5.75 Å². The lowest BCUT2D eigenvalue weighted by atomic mass is 9.68. The van der Waals surface area contributed by atoms with Gasteiger partial charge in [0.05, 0.1) is 0 Å². The SMILES string of the molecule is CCCCCC[C@H]1CC[C@H]([C@H]2CC[C@H](c3ccc(OC(F)(F)F)cc3)CC2)CC1. The third-order valence-electron chi connectivity index (χ3n) is 7.38. The van der Waals surface area contributed by atoms with Gasteiger partial charge in [-0.1, -0.05) is 64.0 Å². The van der Waals surface area contributed by atoms with Crippen molar-refractivity contribution in [2.24, 2.45) is 17.8 Å². The molecule has 2 fully saturated rings. The van der Waals surface area contributed by atoms with Crippen molar-refractivity contribution in [2.45, 2.75) is 103 Å². The van der Waals surface area contributed by atoms with Gasteiger partial charge in [-0.05, 0) is 79.9 Å². The molecule has 0 aromatic heterocycles. The molecular formula is C25H37F3O. The number of alkyl halides is 3. The molecule has 2 saturated carbocycles. The highest BCUT2D eigenvalue weighted by atomic mass is 19.4. The first-order valence-corrected chi connectivity index (χ1v) is 11.8. The second kappa shape index (κ2) is 10.7. The van der Waals surface area contributed by atoms with Crippen molar-refractivity contribution < 1.29 is 17.9 Å². The van der Waals surface area contributed by atoms with Gasteiger partial charge in [0.2, 0.25) is 0 Å². The number of benzene rings is 1. The Labute approximate surface area is 174 Å². The molecule has 29 heavy (non-hydrogen) atoms. The van der Waals surface area contributed by atoms with Gasteiger partial charge in [-0.3, -0.25) is 0 Å². The van der Waals surface area contributed by atoms with Gasteiger partial charge in [-0.25, -0.2) is 0 Å². The Balaban J connectivity index is 1.38. The molecule has 0 atom stereocenters. The molecule has 0 N–H and O–H groups in total. The Morgan fingerprint density at radius 1 is 0.793 bits per heavy atom. The summed E-state index contributed by atoms with van der Waals surface area (Å²) in [4.78, 5) is 0. The fourth-order valence-corrected chi connectivity index (χ4v) is 5.67. The minimum Gasteiger partial charge on any atom is -0.406 e. The molecule has 1 aromatic carbocycles. The molecule has 2 aliphatic carbocycles. The van der Waals surface area contributed by atoms with E-state index >= 15 is 0 Å². The minimum atomic E-state index is -4.62. The van der Waals surface area contributed by atoms with E-state index in [0.717, 1.165) is 23.3 Å². The Morgan fingerprint density at radius 2 is 1.38 bits per heavy atom. The third-order valence-corrected chi connectivity index (χ3v) is 7.38. The molecule has 0 aliphatic heterocycles. The van der Waals surface area contributed by atoms with Crippen molar-refractivity contribution in [3.8, 4) is 5.75 Å². The summed E-state index contributed by atoms with van der Waals surface area (Å²) in [6, 6.07) is 6.54. The zero-order valence-electron chi connectivity index (χ0n) is 17.9. The molecule has 4 heteroatoms. The lowest BCUT2D eigenvalue weighted by Gasteiger charge is -2.38. The first kappa shape index (κ1) is 22.5. The number of unbranched alkanes of at least 4 members (excludes halogenated alkanes) is 3. The second-order valence-electron chi connectivity index (χ2n) is 9.36. The van der Waals surface area contributed by atoms with Crippen LogP contribution in [-0.2, 0) is 0 Å². The highest BCUT2D eigenvalue weighted by Crippen LogP contribution is 2.44. The lowest BCUT2D eigenvalue weighted by molar-refractivity contribution is -0.274. The van der Waals surface area contributed by atoms with Crippen LogP contribution in [0.2, 0.25) is 0 Å². The quantitative estimate of drug-likeness (QED) is 0.390. The van der Waals surface area contributed by atoms with Gasteiger partial charge in [-0.2, -0.15) is 0 Å².